The molecule has 1 aromatic heterocycles. The number of carbonyl (C=O) groups is 2. The second-order valence-corrected chi connectivity index (χ2v) is 7.70. The molecule has 0 bridgehead atoms. The minimum atomic E-state index is -0.206. The normalized spacial score (nSPS) is 16.0. The Hall–Kier alpha value is -3.03. The summed E-state index contributed by atoms with van der Waals surface area (Å²) >= 11 is 0. The number of methoxy groups -OCH3 is 1. The second kappa shape index (κ2) is 7.77. The molecule has 1 fully saturated rings. The number of ether oxygens (including phenoxy) is 1. The molecule has 0 radical (unpaired) electrons. The maximum Gasteiger partial charge on any atom is 0.322 e. The average molecular weight is 397 g/mol. The van der Waals surface area contributed by atoms with E-state index in [1.165, 1.54) is 0 Å². The first kappa shape index (κ1) is 19.3. The fourth-order valence-electron chi connectivity index (χ4n) is 4.12. The van der Waals surface area contributed by atoms with Crippen LogP contribution in [0.2, 0.25) is 0 Å². The monoisotopic (exact) mass is 397 g/mol. The fourth-order valence-corrected chi connectivity index (χ4v) is 4.12. The molecule has 1 aromatic carbocycles. The molecule has 0 aliphatic carbocycles. The van der Waals surface area contributed by atoms with Gasteiger partial charge in [0.1, 0.15) is 5.75 Å². The van der Waals surface area contributed by atoms with Gasteiger partial charge in [0.05, 0.1) is 19.3 Å². The number of urea groups is 1. The molecule has 1 N–H and O–H groups in total. The Labute approximate surface area is 170 Å². The Morgan fingerprint density at radius 2 is 1.90 bits per heavy atom. The lowest BCUT2D eigenvalue weighted by Gasteiger charge is -2.28. The van der Waals surface area contributed by atoms with Crippen molar-refractivity contribution in [1.82, 2.24) is 19.6 Å². The largest absolute Gasteiger partial charge is 0.495 e. The summed E-state index contributed by atoms with van der Waals surface area (Å²) in [4.78, 5) is 29.5. The van der Waals surface area contributed by atoms with Gasteiger partial charge in [0.2, 0.25) is 0 Å². The summed E-state index contributed by atoms with van der Waals surface area (Å²) in [5, 5.41) is 7.45. The molecule has 8 nitrogen and oxygen atoms in total. The van der Waals surface area contributed by atoms with E-state index in [9.17, 15) is 9.59 Å². The number of nitrogens with one attached hydrogen (secondary N) is 1. The van der Waals surface area contributed by atoms with E-state index in [1.807, 2.05) is 37.1 Å². The molecule has 1 saturated heterocycles. The Morgan fingerprint density at radius 3 is 2.62 bits per heavy atom. The van der Waals surface area contributed by atoms with Gasteiger partial charge in [-0.3, -0.25) is 9.48 Å². The molecule has 4 rings (SSSR count). The number of aromatic nitrogens is 2. The molecule has 2 aliphatic heterocycles. The molecule has 0 saturated carbocycles. The molecule has 8 heteroatoms. The molecule has 3 heterocycles. The number of rotatable bonds is 3. The lowest BCUT2D eigenvalue weighted by molar-refractivity contribution is 0.0784. The summed E-state index contributed by atoms with van der Waals surface area (Å²) in [5.41, 5.74) is 4.05. The highest BCUT2D eigenvalue weighted by atomic mass is 16.5. The smallest absolute Gasteiger partial charge is 0.322 e. The van der Waals surface area contributed by atoms with Gasteiger partial charge in [0.25, 0.3) is 5.91 Å². The van der Waals surface area contributed by atoms with Crippen LogP contribution in [0.15, 0.2) is 18.2 Å². The SMILES string of the molecule is COc1ccc(C)cc1NC(=O)N1CCc2c(c(C(=O)N3CCCC3)nn2C)C1. The predicted octanol–water partition coefficient (Wildman–Crippen LogP) is 2.56. The van der Waals surface area contributed by atoms with Crippen molar-refractivity contribution < 1.29 is 14.3 Å². The molecular weight excluding hydrogens is 370 g/mol. The first-order chi connectivity index (χ1) is 14.0. The number of aryl methyl sites for hydroxylation is 2. The van der Waals surface area contributed by atoms with Crippen molar-refractivity contribution in [3.63, 3.8) is 0 Å². The molecule has 154 valence electrons. The molecule has 0 atom stereocenters. The summed E-state index contributed by atoms with van der Waals surface area (Å²) in [7, 11) is 3.45. The first-order valence-electron chi connectivity index (χ1n) is 10.0. The van der Waals surface area contributed by atoms with E-state index in [2.05, 4.69) is 10.4 Å². The minimum absolute atomic E-state index is 0.0260. The van der Waals surface area contributed by atoms with Gasteiger partial charge >= 0.3 is 6.03 Å². The van der Waals surface area contributed by atoms with Gasteiger partial charge in [-0.2, -0.15) is 5.10 Å². The van der Waals surface area contributed by atoms with Crippen LogP contribution in [0.3, 0.4) is 0 Å². The Bertz CT molecular complexity index is 946. The second-order valence-electron chi connectivity index (χ2n) is 7.70. The van der Waals surface area contributed by atoms with Crippen LogP contribution in [0.1, 0.15) is 40.2 Å². The minimum Gasteiger partial charge on any atom is -0.495 e. The third-order valence-electron chi connectivity index (χ3n) is 5.72. The number of hydrogen-bond donors (Lipinski definition) is 1. The standard InChI is InChI=1S/C21H27N5O3/c1-14-6-7-18(29-3)16(12-14)22-21(28)26-11-8-17-15(13-26)19(23-24(17)2)20(27)25-9-4-5-10-25/h6-7,12H,4-5,8-11,13H2,1-3H3,(H,22,28). The maximum atomic E-state index is 12.9. The number of nitrogens with zero attached hydrogens (tertiary/aromatic N) is 4. The molecule has 2 aliphatic rings. The summed E-state index contributed by atoms with van der Waals surface area (Å²) in [6.07, 6.45) is 2.74. The molecule has 3 amide bonds. The van der Waals surface area contributed by atoms with Gasteiger partial charge in [0, 0.05) is 44.4 Å². The zero-order chi connectivity index (χ0) is 20.5. The van der Waals surface area contributed by atoms with E-state index < -0.39 is 0 Å². The number of likely N-dealkylation sites (tertiary alicyclic amines) is 1. The van der Waals surface area contributed by atoms with Crippen molar-refractivity contribution in [2.45, 2.75) is 32.7 Å². The van der Waals surface area contributed by atoms with E-state index in [0.29, 0.717) is 36.6 Å². The van der Waals surface area contributed by atoms with Gasteiger partial charge in [-0.1, -0.05) is 6.07 Å². The van der Waals surface area contributed by atoms with Crippen LogP contribution in [0, 0.1) is 6.92 Å². The fraction of sp³-hybridized carbons (Fsp3) is 0.476. The highest BCUT2D eigenvalue weighted by Gasteiger charge is 2.32. The van der Waals surface area contributed by atoms with Crippen LogP contribution >= 0.6 is 0 Å². The van der Waals surface area contributed by atoms with Gasteiger partial charge in [-0.15, -0.1) is 0 Å². The number of anilines is 1. The summed E-state index contributed by atoms with van der Waals surface area (Å²) in [6.45, 7) is 4.47. The molecule has 29 heavy (non-hydrogen) atoms. The Kier molecular flexibility index (Phi) is 5.17. The van der Waals surface area contributed by atoms with Crippen LogP contribution in [0.25, 0.3) is 0 Å². The lowest BCUT2D eigenvalue weighted by atomic mass is 10.0. The van der Waals surface area contributed by atoms with Gasteiger partial charge in [-0.05, 0) is 37.5 Å². The van der Waals surface area contributed by atoms with Gasteiger partial charge in [0.15, 0.2) is 5.69 Å². The van der Waals surface area contributed by atoms with Crippen molar-refractivity contribution in [1.29, 1.82) is 0 Å². The van der Waals surface area contributed by atoms with Crippen molar-refractivity contribution in [2.75, 3.05) is 32.1 Å². The number of hydrogen-bond acceptors (Lipinski definition) is 4. The zero-order valence-corrected chi connectivity index (χ0v) is 17.2. The molecule has 0 spiro atoms. The third kappa shape index (κ3) is 3.66. The Morgan fingerprint density at radius 1 is 1.14 bits per heavy atom. The first-order valence-corrected chi connectivity index (χ1v) is 10.0. The van der Waals surface area contributed by atoms with Crippen molar-refractivity contribution in [3.05, 3.63) is 40.7 Å². The van der Waals surface area contributed by atoms with Crippen LogP contribution in [0.5, 0.6) is 5.75 Å². The summed E-state index contributed by atoms with van der Waals surface area (Å²) in [6, 6.07) is 5.46. The number of amides is 3. The van der Waals surface area contributed by atoms with Crippen molar-refractivity contribution >= 4 is 17.6 Å². The van der Waals surface area contributed by atoms with Gasteiger partial charge < -0.3 is 19.9 Å². The maximum absolute atomic E-state index is 12.9. The van der Waals surface area contributed by atoms with Gasteiger partial charge in [-0.25, -0.2) is 4.79 Å². The van der Waals surface area contributed by atoms with E-state index in [-0.39, 0.29) is 11.9 Å². The average Bonchev–Trinajstić information content (AvgIpc) is 3.36. The van der Waals surface area contributed by atoms with Crippen LogP contribution in [-0.4, -0.2) is 58.3 Å². The molecule has 2 aromatic rings. The topological polar surface area (TPSA) is 79.7 Å². The Balaban J connectivity index is 1.54. The number of benzene rings is 1. The van der Waals surface area contributed by atoms with Crippen LogP contribution in [0.4, 0.5) is 10.5 Å². The molecular formula is C21H27N5O3. The van der Waals surface area contributed by atoms with E-state index in [0.717, 1.165) is 42.8 Å². The van der Waals surface area contributed by atoms with Crippen molar-refractivity contribution in [2.24, 2.45) is 7.05 Å². The summed E-state index contributed by atoms with van der Waals surface area (Å²) < 4.78 is 7.15. The third-order valence-corrected chi connectivity index (χ3v) is 5.72. The van der Waals surface area contributed by atoms with Crippen LogP contribution in [-0.2, 0) is 20.0 Å². The van der Waals surface area contributed by atoms with Crippen molar-refractivity contribution in [3.8, 4) is 5.75 Å². The van der Waals surface area contributed by atoms with E-state index >= 15 is 0 Å². The highest BCUT2D eigenvalue weighted by molar-refractivity contribution is 5.95. The zero-order valence-electron chi connectivity index (χ0n) is 17.2. The summed E-state index contributed by atoms with van der Waals surface area (Å²) in [5.74, 6) is 0.592. The highest BCUT2D eigenvalue weighted by Crippen LogP contribution is 2.28. The molecule has 0 unspecified atom stereocenters. The quantitative estimate of drug-likeness (QED) is 0.863. The number of carbonyl (C=O) groups excluding carboxylic acids is 2. The van der Waals surface area contributed by atoms with E-state index in [4.69, 9.17) is 4.74 Å². The number of fused-ring (bicyclic) bond motifs is 1. The predicted molar refractivity (Wildman–Crippen MR) is 109 cm³/mol. The van der Waals surface area contributed by atoms with Crippen LogP contribution < -0.4 is 10.1 Å². The van der Waals surface area contributed by atoms with E-state index in [1.54, 1.807) is 16.7 Å². The lowest BCUT2D eigenvalue weighted by Crippen LogP contribution is -2.40.